The predicted molar refractivity (Wildman–Crippen MR) is 109 cm³/mol. The van der Waals surface area contributed by atoms with Crippen molar-refractivity contribution in [1.82, 2.24) is 9.21 Å². The molecule has 1 saturated heterocycles. The fourth-order valence-corrected chi connectivity index (χ4v) is 5.94. The first-order valence-corrected chi connectivity index (χ1v) is 11.7. The number of carbonyl (C=O) groups is 2. The zero-order valence-electron chi connectivity index (χ0n) is 15.9. The molecule has 0 aliphatic carbocycles. The number of anilines is 1. The van der Waals surface area contributed by atoms with Crippen LogP contribution in [0, 0.1) is 0 Å². The Bertz CT molecular complexity index is 1030. The number of benzene rings is 1. The quantitative estimate of drug-likeness (QED) is 0.731. The number of carbonyl (C=O) groups excluding carboxylic acids is 2. The van der Waals surface area contributed by atoms with Crippen molar-refractivity contribution in [1.29, 1.82) is 0 Å². The normalized spacial score (nSPS) is 17.8. The Morgan fingerprint density at radius 2 is 1.83 bits per heavy atom. The number of amides is 2. The number of furan rings is 1. The fraction of sp³-hybridized carbons (Fsp3) is 0.368. The number of hydrogen-bond acceptors (Lipinski definition) is 6. The van der Waals surface area contributed by atoms with Crippen LogP contribution in [-0.2, 0) is 14.8 Å². The molecule has 8 nitrogen and oxygen atoms in total. The average molecular weight is 436 g/mol. The maximum absolute atomic E-state index is 13.1. The lowest BCUT2D eigenvalue weighted by atomic mass is 10.2. The van der Waals surface area contributed by atoms with Gasteiger partial charge in [0.05, 0.1) is 16.8 Å². The van der Waals surface area contributed by atoms with Gasteiger partial charge in [0.25, 0.3) is 5.91 Å². The first-order chi connectivity index (χ1) is 13.9. The Kier molecular flexibility index (Phi) is 5.41. The standard InChI is InChI=1S/C19H21N3O5S2/c1-14(23)22-10-12-28-18-5-4-15(13-16(18)22)29(25,26)21-8-6-20(7-9-21)19(24)17-3-2-11-27-17/h2-5,11,13H,6-10,12H2,1H3. The number of piperazine rings is 1. The van der Waals surface area contributed by atoms with Gasteiger partial charge in [-0.2, -0.15) is 4.31 Å². The highest BCUT2D eigenvalue weighted by Crippen LogP contribution is 2.37. The van der Waals surface area contributed by atoms with E-state index < -0.39 is 10.0 Å². The van der Waals surface area contributed by atoms with Crippen LogP contribution < -0.4 is 4.90 Å². The van der Waals surface area contributed by atoms with Crippen molar-refractivity contribution in [2.24, 2.45) is 0 Å². The van der Waals surface area contributed by atoms with E-state index in [0.717, 1.165) is 10.6 Å². The van der Waals surface area contributed by atoms with Crippen molar-refractivity contribution < 1.29 is 22.4 Å². The largest absolute Gasteiger partial charge is 0.459 e. The van der Waals surface area contributed by atoms with Gasteiger partial charge in [-0.05, 0) is 30.3 Å². The summed E-state index contributed by atoms with van der Waals surface area (Å²) in [6.45, 7) is 3.03. The maximum Gasteiger partial charge on any atom is 0.289 e. The highest BCUT2D eigenvalue weighted by Gasteiger charge is 2.32. The second kappa shape index (κ2) is 7.85. The molecule has 0 radical (unpaired) electrons. The number of hydrogen-bond donors (Lipinski definition) is 0. The molecule has 1 fully saturated rings. The Balaban J connectivity index is 1.52. The van der Waals surface area contributed by atoms with Crippen molar-refractivity contribution in [2.75, 3.05) is 43.4 Å². The third kappa shape index (κ3) is 3.79. The Morgan fingerprint density at radius 1 is 1.07 bits per heavy atom. The molecular weight excluding hydrogens is 414 g/mol. The van der Waals surface area contributed by atoms with Crippen molar-refractivity contribution in [2.45, 2.75) is 16.7 Å². The molecule has 154 valence electrons. The lowest BCUT2D eigenvalue weighted by Crippen LogP contribution is -2.50. The van der Waals surface area contributed by atoms with Crippen LogP contribution in [0.25, 0.3) is 0 Å². The van der Waals surface area contributed by atoms with Crippen LogP contribution in [0.2, 0.25) is 0 Å². The summed E-state index contributed by atoms with van der Waals surface area (Å²) in [5.41, 5.74) is 0.640. The smallest absolute Gasteiger partial charge is 0.289 e. The zero-order chi connectivity index (χ0) is 20.6. The van der Waals surface area contributed by atoms with Gasteiger partial charge in [-0.1, -0.05) is 0 Å². The number of fused-ring (bicyclic) bond motifs is 1. The van der Waals surface area contributed by atoms with Crippen LogP contribution in [0.4, 0.5) is 5.69 Å². The summed E-state index contributed by atoms with van der Waals surface area (Å²) in [4.78, 5) is 28.6. The lowest BCUT2D eigenvalue weighted by molar-refractivity contribution is -0.116. The first kappa shape index (κ1) is 20.0. The Labute approximate surface area is 173 Å². The van der Waals surface area contributed by atoms with Gasteiger partial charge in [0.2, 0.25) is 15.9 Å². The topological polar surface area (TPSA) is 91.1 Å². The molecule has 0 saturated carbocycles. The third-order valence-electron chi connectivity index (χ3n) is 5.07. The van der Waals surface area contributed by atoms with Gasteiger partial charge in [-0.25, -0.2) is 8.42 Å². The lowest BCUT2D eigenvalue weighted by Gasteiger charge is -2.34. The average Bonchev–Trinajstić information content (AvgIpc) is 3.27. The molecule has 0 unspecified atom stereocenters. The number of thioether (sulfide) groups is 1. The molecule has 4 rings (SSSR count). The van der Waals surface area contributed by atoms with E-state index >= 15 is 0 Å². The summed E-state index contributed by atoms with van der Waals surface area (Å²) in [6, 6.07) is 8.17. The number of rotatable bonds is 3. The van der Waals surface area contributed by atoms with E-state index in [-0.39, 0.29) is 35.6 Å². The van der Waals surface area contributed by atoms with Crippen LogP contribution in [0.15, 0.2) is 50.8 Å². The Morgan fingerprint density at radius 3 is 2.48 bits per heavy atom. The first-order valence-electron chi connectivity index (χ1n) is 9.26. The van der Waals surface area contributed by atoms with Gasteiger partial charge in [0, 0.05) is 50.3 Å². The summed E-state index contributed by atoms with van der Waals surface area (Å²) < 4.78 is 32.8. The van der Waals surface area contributed by atoms with Gasteiger partial charge in [0.1, 0.15) is 0 Å². The fourth-order valence-electron chi connectivity index (χ4n) is 3.52. The number of sulfonamides is 1. The highest BCUT2D eigenvalue weighted by molar-refractivity contribution is 7.99. The molecule has 10 heteroatoms. The van der Waals surface area contributed by atoms with E-state index in [4.69, 9.17) is 4.42 Å². The van der Waals surface area contributed by atoms with Crippen LogP contribution in [0.5, 0.6) is 0 Å². The van der Waals surface area contributed by atoms with Crippen molar-refractivity contribution in [3.05, 3.63) is 42.4 Å². The minimum absolute atomic E-state index is 0.105. The molecule has 1 aromatic carbocycles. The summed E-state index contributed by atoms with van der Waals surface area (Å²) >= 11 is 1.61. The van der Waals surface area contributed by atoms with Gasteiger partial charge < -0.3 is 14.2 Å². The molecule has 2 aromatic rings. The number of nitrogens with zero attached hydrogens (tertiary/aromatic N) is 3. The maximum atomic E-state index is 13.1. The van der Waals surface area contributed by atoms with Crippen molar-refractivity contribution in [3.63, 3.8) is 0 Å². The van der Waals surface area contributed by atoms with Gasteiger partial charge in [-0.15, -0.1) is 11.8 Å². The zero-order valence-corrected chi connectivity index (χ0v) is 17.5. The van der Waals surface area contributed by atoms with Gasteiger partial charge >= 0.3 is 0 Å². The summed E-state index contributed by atoms with van der Waals surface area (Å²) in [5.74, 6) is 0.684. The van der Waals surface area contributed by atoms with Crippen LogP contribution >= 0.6 is 11.8 Å². The van der Waals surface area contributed by atoms with Crippen LogP contribution in [0.1, 0.15) is 17.5 Å². The van der Waals surface area contributed by atoms with Gasteiger partial charge in [0.15, 0.2) is 5.76 Å². The molecule has 3 heterocycles. The van der Waals surface area contributed by atoms with E-state index in [9.17, 15) is 18.0 Å². The second-order valence-corrected chi connectivity index (χ2v) is 9.90. The van der Waals surface area contributed by atoms with Crippen molar-refractivity contribution >= 4 is 39.3 Å². The third-order valence-corrected chi connectivity index (χ3v) is 8.01. The molecule has 0 atom stereocenters. The molecular formula is C19H21N3O5S2. The summed E-state index contributed by atoms with van der Waals surface area (Å²) in [5, 5.41) is 0. The molecule has 1 aromatic heterocycles. The van der Waals surface area contributed by atoms with Crippen LogP contribution in [-0.4, -0.2) is 67.9 Å². The predicted octanol–water partition coefficient (Wildman–Crippen LogP) is 1.88. The second-order valence-electron chi connectivity index (χ2n) is 6.82. The molecule has 2 amide bonds. The van der Waals surface area contributed by atoms with Gasteiger partial charge in [-0.3, -0.25) is 9.59 Å². The van der Waals surface area contributed by atoms with E-state index in [0.29, 0.717) is 25.3 Å². The Hall–Kier alpha value is -2.30. The molecule has 0 N–H and O–H groups in total. The monoisotopic (exact) mass is 435 g/mol. The van der Waals surface area contributed by atoms with E-state index in [1.54, 1.807) is 51.9 Å². The molecule has 2 aliphatic heterocycles. The summed E-state index contributed by atoms with van der Waals surface area (Å²) in [7, 11) is -3.72. The molecule has 0 bridgehead atoms. The SMILES string of the molecule is CC(=O)N1CCSc2ccc(S(=O)(=O)N3CCN(C(=O)c4ccco4)CC3)cc21. The molecule has 2 aliphatic rings. The minimum Gasteiger partial charge on any atom is -0.459 e. The van der Waals surface area contributed by atoms with E-state index in [2.05, 4.69) is 0 Å². The minimum atomic E-state index is -3.72. The highest BCUT2D eigenvalue weighted by atomic mass is 32.2. The van der Waals surface area contributed by atoms with Crippen LogP contribution in [0.3, 0.4) is 0 Å². The molecule has 29 heavy (non-hydrogen) atoms. The summed E-state index contributed by atoms with van der Waals surface area (Å²) in [6.07, 6.45) is 1.44. The van der Waals surface area contributed by atoms with Crippen molar-refractivity contribution in [3.8, 4) is 0 Å². The molecule has 0 spiro atoms. The van der Waals surface area contributed by atoms with E-state index in [1.165, 1.54) is 17.5 Å². The van der Waals surface area contributed by atoms with E-state index in [1.807, 2.05) is 0 Å².